The fourth-order valence-corrected chi connectivity index (χ4v) is 2.27. The smallest absolute Gasteiger partial charge is 0.0399 e. The maximum Gasteiger partial charge on any atom is 0.0399 e. The molecule has 1 heterocycles. The molecule has 0 saturated carbocycles. The standard InChI is InChI=1S/C13H20N2/c1-10-4-5-11(2)13(8-10)15-7-6-12(9-15)14-3/h4-5,8,12,14H,6-7,9H2,1-3H3. The van der Waals surface area contributed by atoms with Crippen LogP contribution in [0.5, 0.6) is 0 Å². The van der Waals surface area contributed by atoms with E-state index >= 15 is 0 Å². The molecular formula is C13H20N2. The molecule has 1 fully saturated rings. The van der Waals surface area contributed by atoms with Crippen LogP contribution >= 0.6 is 0 Å². The second kappa shape index (κ2) is 4.23. The van der Waals surface area contributed by atoms with Crippen molar-refractivity contribution in [1.29, 1.82) is 0 Å². The Labute approximate surface area is 92.3 Å². The summed E-state index contributed by atoms with van der Waals surface area (Å²) in [6, 6.07) is 7.36. The Hall–Kier alpha value is -1.02. The molecule has 0 spiro atoms. The molecule has 1 aliphatic rings. The van der Waals surface area contributed by atoms with Gasteiger partial charge in [0.25, 0.3) is 0 Å². The Morgan fingerprint density at radius 2 is 2.13 bits per heavy atom. The first-order chi connectivity index (χ1) is 7.20. The van der Waals surface area contributed by atoms with Crippen molar-refractivity contribution >= 4 is 5.69 Å². The van der Waals surface area contributed by atoms with E-state index in [4.69, 9.17) is 0 Å². The van der Waals surface area contributed by atoms with Crippen molar-refractivity contribution in [2.24, 2.45) is 0 Å². The molecule has 1 aromatic carbocycles. The molecule has 1 N–H and O–H groups in total. The molecule has 0 amide bonds. The highest BCUT2D eigenvalue weighted by Crippen LogP contribution is 2.25. The van der Waals surface area contributed by atoms with E-state index in [1.54, 1.807) is 0 Å². The van der Waals surface area contributed by atoms with Crippen LogP contribution in [0.25, 0.3) is 0 Å². The van der Waals surface area contributed by atoms with Crippen molar-refractivity contribution < 1.29 is 0 Å². The van der Waals surface area contributed by atoms with Gasteiger partial charge in [-0.25, -0.2) is 0 Å². The third-order valence-electron chi connectivity index (χ3n) is 3.30. The maximum atomic E-state index is 3.36. The Balaban J connectivity index is 2.19. The van der Waals surface area contributed by atoms with Crippen LogP contribution in [0.15, 0.2) is 18.2 Å². The first-order valence-electron chi connectivity index (χ1n) is 5.70. The lowest BCUT2D eigenvalue weighted by molar-refractivity contribution is 0.617. The highest BCUT2D eigenvalue weighted by molar-refractivity contribution is 5.55. The van der Waals surface area contributed by atoms with E-state index in [2.05, 4.69) is 49.3 Å². The van der Waals surface area contributed by atoms with Gasteiger partial charge in [-0.2, -0.15) is 0 Å². The van der Waals surface area contributed by atoms with E-state index in [0.29, 0.717) is 6.04 Å². The summed E-state index contributed by atoms with van der Waals surface area (Å²) in [6.07, 6.45) is 1.25. The van der Waals surface area contributed by atoms with Gasteiger partial charge in [0.2, 0.25) is 0 Å². The van der Waals surface area contributed by atoms with Crippen molar-refractivity contribution in [2.75, 3.05) is 25.0 Å². The number of aryl methyl sites for hydroxylation is 2. The minimum absolute atomic E-state index is 0.657. The first-order valence-corrected chi connectivity index (χ1v) is 5.70. The van der Waals surface area contributed by atoms with E-state index < -0.39 is 0 Å². The quantitative estimate of drug-likeness (QED) is 0.793. The van der Waals surface area contributed by atoms with Crippen LogP contribution in [0.1, 0.15) is 17.5 Å². The number of nitrogens with zero attached hydrogens (tertiary/aromatic N) is 1. The molecule has 0 aliphatic carbocycles. The minimum Gasteiger partial charge on any atom is -0.370 e. The van der Waals surface area contributed by atoms with Crippen molar-refractivity contribution in [1.82, 2.24) is 5.32 Å². The number of rotatable bonds is 2. The number of benzene rings is 1. The van der Waals surface area contributed by atoms with Crippen LogP contribution in [0.4, 0.5) is 5.69 Å². The summed E-state index contributed by atoms with van der Waals surface area (Å²) in [6.45, 7) is 6.67. The normalized spacial score (nSPS) is 21.0. The zero-order chi connectivity index (χ0) is 10.8. The van der Waals surface area contributed by atoms with Crippen molar-refractivity contribution in [3.05, 3.63) is 29.3 Å². The lowest BCUT2D eigenvalue weighted by Crippen LogP contribution is -2.29. The summed E-state index contributed by atoms with van der Waals surface area (Å²) in [5, 5.41) is 3.36. The summed E-state index contributed by atoms with van der Waals surface area (Å²) >= 11 is 0. The Bertz CT molecular complexity index is 346. The van der Waals surface area contributed by atoms with Gasteiger partial charge >= 0.3 is 0 Å². The summed E-state index contributed by atoms with van der Waals surface area (Å²) in [5.74, 6) is 0. The summed E-state index contributed by atoms with van der Waals surface area (Å²) in [7, 11) is 2.05. The average Bonchev–Trinajstić information content (AvgIpc) is 2.70. The van der Waals surface area contributed by atoms with Crippen LogP contribution in [-0.2, 0) is 0 Å². The second-order valence-electron chi connectivity index (χ2n) is 4.51. The number of likely N-dealkylation sites (N-methyl/N-ethyl adjacent to an activating group) is 1. The van der Waals surface area contributed by atoms with Gasteiger partial charge in [-0.05, 0) is 44.5 Å². The minimum atomic E-state index is 0.657. The molecule has 1 aromatic rings. The first kappa shape index (κ1) is 10.5. The third kappa shape index (κ3) is 2.15. The average molecular weight is 204 g/mol. The molecule has 0 aromatic heterocycles. The highest BCUT2D eigenvalue weighted by Gasteiger charge is 2.21. The second-order valence-corrected chi connectivity index (χ2v) is 4.51. The Morgan fingerprint density at radius 3 is 2.80 bits per heavy atom. The lowest BCUT2D eigenvalue weighted by Gasteiger charge is -2.21. The SMILES string of the molecule is CNC1CCN(c2cc(C)ccc2C)C1. The van der Waals surface area contributed by atoms with E-state index in [9.17, 15) is 0 Å². The molecule has 1 saturated heterocycles. The van der Waals surface area contributed by atoms with Crippen LogP contribution in [0, 0.1) is 13.8 Å². The Morgan fingerprint density at radius 1 is 1.33 bits per heavy atom. The van der Waals surface area contributed by atoms with Gasteiger partial charge in [0.05, 0.1) is 0 Å². The molecular weight excluding hydrogens is 184 g/mol. The van der Waals surface area contributed by atoms with Crippen LogP contribution in [0.2, 0.25) is 0 Å². The predicted octanol–water partition coefficient (Wildman–Crippen LogP) is 2.10. The Kier molecular flexibility index (Phi) is 2.96. The van der Waals surface area contributed by atoms with Crippen molar-refractivity contribution in [3.8, 4) is 0 Å². The third-order valence-corrected chi connectivity index (χ3v) is 3.30. The number of anilines is 1. The van der Waals surface area contributed by atoms with Gasteiger partial charge in [0.1, 0.15) is 0 Å². The molecule has 2 nitrogen and oxygen atoms in total. The zero-order valence-corrected chi connectivity index (χ0v) is 9.88. The topological polar surface area (TPSA) is 15.3 Å². The molecule has 15 heavy (non-hydrogen) atoms. The summed E-state index contributed by atoms with van der Waals surface area (Å²) in [4.78, 5) is 2.49. The van der Waals surface area contributed by atoms with E-state index in [-0.39, 0.29) is 0 Å². The summed E-state index contributed by atoms with van der Waals surface area (Å²) in [5.41, 5.74) is 4.15. The molecule has 1 atom stereocenters. The van der Waals surface area contributed by atoms with Gasteiger partial charge < -0.3 is 10.2 Å². The molecule has 82 valence electrons. The summed E-state index contributed by atoms with van der Waals surface area (Å²) < 4.78 is 0. The molecule has 1 aliphatic heterocycles. The maximum absolute atomic E-state index is 3.36. The molecule has 0 radical (unpaired) electrons. The van der Waals surface area contributed by atoms with Gasteiger partial charge in [-0.3, -0.25) is 0 Å². The fraction of sp³-hybridized carbons (Fsp3) is 0.538. The van der Waals surface area contributed by atoms with Crippen molar-refractivity contribution in [2.45, 2.75) is 26.3 Å². The van der Waals surface area contributed by atoms with Crippen LogP contribution in [0.3, 0.4) is 0 Å². The molecule has 1 unspecified atom stereocenters. The predicted molar refractivity (Wildman–Crippen MR) is 65.6 cm³/mol. The largest absolute Gasteiger partial charge is 0.370 e. The monoisotopic (exact) mass is 204 g/mol. The zero-order valence-electron chi connectivity index (χ0n) is 9.88. The molecule has 2 heteroatoms. The van der Waals surface area contributed by atoms with E-state index in [0.717, 1.165) is 6.54 Å². The van der Waals surface area contributed by atoms with Crippen molar-refractivity contribution in [3.63, 3.8) is 0 Å². The van der Waals surface area contributed by atoms with E-state index in [1.165, 1.54) is 29.8 Å². The van der Waals surface area contributed by atoms with E-state index in [1.807, 2.05) is 0 Å². The number of hydrogen-bond acceptors (Lipinski definition) is 2. The van der Waals surface area contributed by atoms with Crippen LogP contribution in [-0.4, -0.2) is 26.2 Å². The number of nitrogens with one attached hydrogen (secondary N) is 1. The van der Waals surface area contributed by atoms with Gasteiger partial charge in [-0.15, -0.1) is 0 Å². The van der Waals surface area contributed by atoms with Gasteiger partial charge in [0.15, 0.2) is 0 Å². The fourth-order valence-electron chi connectivity index (χ4n) is 2.27. The molecule has 0 bridgehead atoms. The lowest BCUT2D eigenvalue weighted by atomic mass is 10.1. The highest BCUT2D eigenvalue weighted by atomic mass is 15.2. The van der Waals surface area contributed by atoms with Gasteiger partial charge in [0, 0.05) is 24.8 Å². The van der Waals surface area contributed by atoms with Gasteiger partial charge in [-0.1, -0.05) is 12.1 Å². The molecule has 2 rings (SSSR count). The van der Waals surface area contributed by atoms with Crippen LogP contribution < -0.4 is 10.2 Å². The number of hydrogen-bond donors (Lipinski definition) is 1.